The second kappa shape index (κ2) is 7.83. The standard InChI is InChI=1S/C20H27N3O4S/c24-19(13-17-11-14-6-7-15(17)10-14)21-22-20(25)16-4-3-5-18(12-16)28(26,27)23-8-1-2-9-23/h3-5,12,14-15,17H,1-2,6-11,13H2,(H,21,24)(H,22,25)/t14-,15-,17-/m1/s1. The Hall–Kier alpha value is -1.93. The van der Waals surface area contributed by atoms with Crippen LogP contribution in [0, 0.1) is 17.8 Å². The number of nitrogens with zero attached hydrogens (tertiary/aromatic N) is 1. The van der Waals surface area contributed by atoms with Crippen molar-refractivity contribution in [2.75, 3.05) is 13.1 Å². The highest BCUT2D eigenvalue weighted by molar-refractivity contribution is 7.89. The van der Waals surface area contributed by atoms with Crippen molar-refractivity contribution < 1.29 is 18.0 Å². The predicted octanol–water partition coefficient (Wildman–Crippen LogP) is 2.06. The number of rotatable bonds is 5. The molecule has 3 aliphatic rings. The van der Waals surface area contributed by atoms with Gasteiger partial charge >= 0.3 is 0 Å². The van der Waals surface area contributed by atoms with Crippen molar-refractivity contribution in [2.45, 2.75) is 49.8 Å². The summed E-state index contributed by atoms with van der Waals surface area (Å²) in [5.74, 6) is 1.15. The molecule has 1 aromatic carbocycles. The van der Waals surface area contributed by atoms with Crippen molar-refractivity contribution in [3.8, 4) is 0 Å². The number of sulfonamides is 1. The van der Waals surface area contributed by atoms with Crippen LogP contribution in [-0.2, 0) is 14.8 Å². The summed E-state index contributed by atoms with van der Waals surface area (Å²) in [7, 11) is -3.58. The van der Waals surface area contributed by atoms with Gasteiger partial charge in [-0.1, -0.05) is 12.5 Å². The predicted molar refractivity (Wildman–Crippen MR) is 104 cm³/mol. The molecule has 1 aliphatic heterocycles. The van der Waals surface area contributed by atoms with Gasteiger partial charge in [0.1, 0.15) is 0 Å². The Morgan fingerprint density at radius 1 is 1.07 bits per heavy atom. The van der Waals surface area contributed by atoms with Gasteiger partial charge in [-0.15, -0.1) is 0 Å². The third kappa shape index (κ3) is 3.93. The van der Waals surface area contributed by atoms with Crippen LogP contribution in [0.25, 0.3) is 0 Å². The number of carbonyl (C=O) groups is 2. The molecule has 2 bridgehead atoms. The zero-order valence-electron chi connectivity index (χ0n) is 15.9. The Balaban J connectivity index is 1.34. The van der Waals surface area contributed by atoms with E-state index in [2.05, 4.69) is 10.9 Å². The molecule has 152 valence electrons. The molecule has 0 radical (unpaired) electrons. The van der Waals surface area contributed by atoms with Crippen LogP contribution in [0.1, 0.15) is 55.3 Å². The van der Waals surface area contributed by atoms with Gasteiger partial charge in [-0.25, -0.2) is 8.42 Å². The number of carbonyl (C=O) groups excluding carboxylic acids is 2. The fourth-order valence-electron chi connectivity index (χ4n) is 4.99. The summed E-state index contributed by atoms with van der Waals surface area (Å²) >= 11 is 0. The Labute approximate surface area is 165 Å². The van der Waals surface area contributed by atoms with Gasteiger partial charge in [-0.2, -0.15) is 4.31 Å². The van der Waals surface area contributed by atoms with E-state index in [1.54, 1.807) is 12.1 Å². The zero-order valence-corrected chi connectivity index (χ0v) is 16.7. The van der Waals surface area contributed by atoms with E-state index in [4.69, 9.17) is 0 Å². The van der Waals surface area contributed by atoms with E-state index in [0.717, 1.165) is 25.2 Å². The average Bonchev–Trinajstić information content (AvgIpc) is 3.44. The first-order valence-corrected chi connectivity index (χ1v) is 11.6. The molecule has 0 aromatic heterocycles. The zero-order chi connectivity index (χ0) is 19.7. The number of fused-ring (bicyclic) bond motifs is 2. The van der Waals surface area contributed by atoms with Crippen LogP contribution in [0.15, 0.2) is 29.2 Å². The first-order valence-electron chi connectivity index (χ1n) is 10.1. The SMILES string of the molecule is O=C(C[C@H]1C[C@@H]2CC[C@@H]1C2)NNC(=O)c1cccc(S(=O)(=O)N2CCCC2)c1. The minimum absolute atomic E-state index is 0.107. The summed E-state index contributed by atoms with van der Waals surface area (Å²) in [4.78, 5) is 24.7. The molecule has 1 saturated heterocycles. The molecule has 2 N–H and O–H groups in total. The molecule has 4 rings (SSSR count). The fourth-order valence-corrected chi connectivity index (χ4v) is 6.55. The lowest BCUT2D eigenvalue weighted by molar-refractivity contribution is -0.123. The Morgan fingerprint density at radius 3 is 2.54 bits per heavy atom. The molecule has 0 unspecified atom stereocenters. The highest BCUT2D eigenvalue weighted by Crippen LogP contribution is 2.49. The number of amides is 2. The van der Waals surface area contributed by atoms with E-state index >= 15 is 0 Å². The van der Waals surface area contributed by atoms with Crippen LogP contribution >= 0.6 is 0 Å². The number of hydrogen-bond acceptors (Lipinski definition) is 4. The van der Waals surface area contributed by atoms with Crippen LogP contribution < -0.4 is 10.9 Å². The third-order valence-electron chi connectivity index (χ3n) is 6.45. The lowest BCUT2D eigenvalue weighted by Crippen LogP contribution is -2.42. The van der Waals surface area contributed by atoms with Gasteiger partial charge in [-0.05, 0) is 68.1 Å². The summed E-state index contributed by atoms with van der Waals surface area (Å²) in [5, 5.41) is 0. The summed E-state index contributed by atoms with van der Waals surface area (Å²) in [6, 6.07) is 5.96. The largest absolute Gasteiger partial charge is 0.273 e. The topological polar surface area (TPSA) is 95.6 Å². The molecular weight excluding hydrogens is 378 g/mol. The molecule has 1 heterocycles. The maximum absolute atomic E-state index is 12.7. The highest BCUT2D eigenvalue weighted by atomic mass is 32.2. The minimum atomic E-state index is -3.58. The number of nitrogens with one attached hydrogen (secondary N) is 2. The van der Waals surface area contributed by atoms with Gasteiger partial charge in [-0.3, -0.25) is 20.4 Å². The van der Waals surface area contributed by atoms with E-state index < -0.39 is 15.9 Å². The quantitative estimate of drug-likeness (QED) is 0.733. The maximum atomic E-state index is 12.7. The van der Waals surface area contributed by atoms with Crippen molar-refractivity contribution in [1.82, 2.24) is 15.2 Å². The van der Waals surface area contributed by atoms with Crippen molar-refractivity contribution in [1.29, 1.82) is 0 Å². The second-order valence-electron chi connectivity index (χ2n) is 8.28. The van der Waals surface area contributed by atoms with Crippen molar-refractivity contribution in [3.05, 3.63) is 29.8 Å². The van der Waals surface area contributed by atoms with E-state index in [9.17, 15) is 18.0 Å². The Bertz CT molecular complexity index is 864. The van der Waals surface area contributed by atoms with Crippen LogP contribution in [-0.4, -0.2) is 37.6 Å². The average molecular weight is 406 g/mol. The first-order chi connectivity index (χ1) is 13.4. The third-order valence-corrected chi connectivity index (χ3v) is 8.34. The molecule has 2 saturated carbocycles. The Kier molecular flexibility index (Phi) is 5.42. The molecule has 2 aliphatic carbocycles. The second-order valence-corrected chi connectivity index (χ2v) is 10.2. The van der Waals surface area contributed by atoms with Gasteiger partial charge in [0, 0.05) is 25.1 Å². The summed E-state index contributed by atoms with van der Waals surface area (Å²) < 4.78 is 26.8. The number of hydrazine groups is 1. The van der Waals surface area contributed by atoms with Crippen LogP contribution in [0.5, 0.6) is 0 Å². The lowest BCUT2D eigenvalue weighted by Gasteiger charge is -2.21. The molecule has 7 nitrogen and oxygen atoms in total. The minimum Gasteiger partial charge on any atom is -0.273 e. The van der Waals surface area contributed by atoms with Crippen molar-refractivity contribution in [3.63, 3.8) is 0 Å². The molecule has 1 aromatic rings. The van der Waals surface area contributed by atoms with Crippen LogP contribution in [0.3, 0.4) is 0 Å². The van der Waals surface area contributed by atoms with Crippen molar-refractivity contribution >= 4 is 21.8 Å². The van der Waals surface area contributed by atoms with E-state index in [0.29, 0.717) is 31.3 Å². The molecule has 2 amide bonds. The number of benzene rings is 1. The van der Waals surface area contributed by atoms with Crippen LogP contribution in [0.4, 0.5) is 0 Å². The molecule has 0 spiro atoms. The maximum Gasteiger partial charge on any atom is 0.269 e. The molecular formula is C20H27N3O4S. The fraction of sp³-hybridized carbons (Fsp3) is 0.600. The molecule has 28 heavy (non-hydrogen) atoms. The monoisotopic (exact) mass is 405 g/mol. The van der Waals surface area contributed by atoms with Crippen LogP contribution in [0.2, 0.25) is 0 Å². The van der Waals surface area contributed by atoms with Crippen molar-refractivity contribution in [2.24, 2.45) is 17.8 Å². The normalized spacial score (nSPS) is 27.1. The number of hydrogen-bond donors (Lipinski definition) is 2. The first kappa shape index (κ1) is 19.4. The Morgan fingerprint density at radius 2 is 1.86 bits per heavy atom. The summed E-state index contributed by atoms with van der Waals surface area (Å²) in [6.45, 7) is 1.02. The molecule has 8 heteroatoms. The van der Waals surface area contributed by atoms with Gasteiger partial charge in [0.25, 0.3) is 5.91 Å². The van der Waals surface area contributed by atoms with E-state index in [1.165, 1.54) is 35.7 Å². The molecule has 3 atom stereocenters. The summed E-state index contributed by atoms with van der Waals surface area (Å²) in [5.41, 5.74) is 5.11. The highest BCUT2D eigenvalue weighted by Gasteiger charge is 2.40. The van der Waals surface area contributed by atoms with E-state index in [-0.39, 0.29) is 16.4 Å². The van der Waals surface area contributed by atoms with Gasteiger partial charge < -0.3 is 0 Å². The smallest absolute Gasteiger partial charge is 0.269 e. The van der Waals surface area contributed by atoms with Gasteiger partial charge in [0.05, 0.1) is 4.90 Å². The summed E-state index contributed by atoms with van der Waals surface area (Å²) in [6.07, 6.45) is 7.00. The van der Waals surface area contributed by atoms with E-state index in [1.807, 2.05) is 0 Å². The molecule has 3 fully saturated rings. The van der Waals surface area contributed by atoms with Gasteiger partial charge in [0.15, 0.2) is 0 Å². The van der Waals surface area contributed by atoms with Gasteiger partial charge in [0.2, 0.25) is 15.9 Å². The lowest BCUT2D eigenvalue weighted by atomic mass is 9.86.